The van der Waals surface area contributed by atoms with Gasteiger partial charge in [-0.15, -0.1) is 0 Å². The molecule has 0 radical (unpaired) electrons. The second kappa shape index (κ2) is 8.53. The van der Waals surface area contributed by atoms with Crippen molar-refractivity contribution in [3.63, 3.8) is 0 Å². The first kappa shape index (κ1) is 13.5. The van der Waals surface area contributed by atoms with Gasteiger partial charge in [0.25, 0.3) is 0 Å². The molecule has 1 aromatic rings. The van der Waals surface area contributed by atoms with Gasteiger partial charge in [0.1, 0.15) is 5.82 Å². The van der Waals surface area contributed by atoms with E-state index in [-0.39, 0.29) is 0 Å². The van der Waals surface area contributed by atoms with Crippen LogP contribution >= 0.6 is 11.8 Å². The van der Waals surface area contributed by atoms with E-state index in [0.29, 0.717) is 0 Å². The highest BCUT2D eigenvalue weighted by atomic mass is 32.2. The van der Waals surface area contributed by atoms with E-state index in [4.69, 9.17) is 0 Å². The van der Waals surface area contributed by atoms with Gasteiger partial charge >= 0.3 is 0 Å². The summed E-state index contributed by atoms with van der Waals surface area (Å²) in [5.41, 5.74) is 1.16. The van der Waals surface area contributed by atoms with Crippen molar-refractivity contribution < 1.29 is 0 Å². The lowest BCUT2D eigenvalue weighted by Gasteiger charge is -2.03. The predicted molar refractivity (Wildman–Crippen MR) is 70.5 cm³/mol. The van der Waals surface area contributed by atoms with E-state index in [1.54, 1.807) is 0 Å². The fourth-order valence-electron chi connectivity index (χ4n) is 1.26. The zero-order valence-corrected chi connectivity index (χ0v) is 11.0. The highest BCUT2D eigenvalue weighted by Gasteiger charge is 1.97. The number of thioether (sulfide) groups is 1. The summed E-state index contributed by atoms with van der Waals surface area (Å²) in [6.07, 6.45) is 6.23. The van der Waals surface area contributed by atoms with Gasteiger partial charge in [0.05, 0.1) is 5.75 Å². The van der Waals surface area contributed by atoms with E-state index in [2.05, 4.69) is 29.1 Å². The molecule has 1 aromatic heterocycles. The van der Waals surface area contributed by atoms with Crippen LogP contribution in [0.2, 0.25) is 0 Å². The van der Waals surface area contributed by atoms with Gasteiger partial charge in [-0.2, -0.15) is 11.8 Å². The van der Waals surface area contributed by atoms with Crippen LogP contribution in [0.25, 0.3) is 0 Å². The van der Waals surface area contributed by atoms with Crippen LogP contribution in [0.1, 0.15) is 38.1 Å². The summed E-state index contributed by atoms with van der Waals surface area (Å²) < 4.78 is 0. The second-order valence-electron chi connectivity index (χ2n) is 3.74. The highest BCUT2D eigenvalue weighted by Crippen LogP contribution is 2.09. The Balaban J connectivity index is 2.30. The first-order chi connectivity index (χ1) is 7.86. The molecule has 1 heterocycles. The van der Waals surface area contributed by atoms with E-state index >= 15 is 0 Å². The number of rotatable bonds is 8. The smallest absolute Gasteiger partial charge is 0.138 e. The van der Waals surface area contributed by atoms with Gasteiger partial charge in [0.15, 0.2) is 0 Å². The topological polar surface area (TPSA) is 37.8 Å². The fraction of sp³-hybridized carbons (Fsp3) is 0.667. The summed E-state index contributed by atoms with van der Waals surface area (Å²) in [5, 5.41) is 3.34. The molecule has 1 rings (SSSR count). The summed E-state index contributed by atoms with van der Waals surface area (Å²) in [6, 6.07) is 0. The minimum atomic E-state index is 0.871. The highest BCUT2D eigenvalue weighted by molar-refractivity contribution is 7.98. The third-order valence-corrected chi connectivity index (χ3v) is 3.25. The third-order valence-electron chi connectivity index (χ3n) is 2.09. The summed E-state index contributed by atoms with van der Waals surface area (Å²) in [5.74, 6) is 3.05. The Morgan fingerprint density at radius 3 is 2.56 bits per heavy atom. The molecule has 90 valence electrons. The van der Waals surface area contributed by atoms with Gasteiger partial charge in [-0.25, -0.2) is 9.97 Å². The fourth-order valence-corrected chi connectivity index (χ4v) is 2.03. The monoisotopic (exact) mass is 239 g/mol. The van der Waals surface area contributed by atoms with Crippen LogP contribution in [0.3, 0.4) is 0 Å². The molecule has 0 aliphatic carbocycles. The lowest BCUT2D eigenvalue weighted by Crippen LogP contribution is -2.14. The molecule has 0 bridgehead atoms. The van der Waals surface area contributed by atoms with Crippen molar-refractivity contribution in [1.29, 1.82) is 0 Å². The number of aromatic nitrogens is 2. The Hall–Kier alpha value is -0.610. The van der Waals surface area contributed by atoms with Crippen LogP contribution in [-0.4, -0.2) is 22.3 Å². The largest absolute Gasteiger partial charge is 0.313 e. The maximum absolute atomic E-state index is 4.36. The van der Waals surface area contributed by atoms with Gasteiger partial charge in [0.2, 0.25) is 0 Å². The molecule has 1 N–H and O–H groups in total. The maximum Gasteiger partial charge on any atom is 0.138 e. The van der Waals surface area contributed by atoms with Crippen molar-refractivity contribution in [1.82, 2.24) is 15.3 Å². The van der Waals surface area contributed by atoms with E-state index < -0.39 is 0 Å². The molecule has 0 atom stereocenters. The average molecular weight is 239 g/mol. The molecule has 0 aliphatic heterocycles. The van der Waals surface area contributed by atoms with Crippen molar-refractivity contribution in [3.05, 3.63) is 23.8 Å². The molecule has 3 nitrogen and oxygen atoms in total. The molecular formula is C12H21N3S. The quantitative estimate of drug-likeness (QED) is 0.708. The summed E-state index contributed by atoms with van der Waals surface area (Å²) in [7, 11) is 0. The van der Waals surface area contributed by atoms with Crippen molar-refractivity contribution in [2.24, 2.45) is 0 Å². The SMILES string of the molecule is CCCNCc1cnc(CSCCC)nc1. The molecular weight excluding hydrogens is 218 g/mol. The first-order valence-electron chi connectivity index (χ1n) is 5.95. The Morgan fingerprint density at radius 1 is 1.19 bits per heavy atom. The third kappa shape index (κ3) is 5.47. The van der Waals surface area contributed by atoms with Gasteiger partial charge < -0.3 is 5.32 Å². The van der Waals surface area contributed by atoms with Gasteiger partial charge in [-0.05, 0) is 25.1 Å². The molecule has 0 unspecified atom stereocenters. The molecule has 0 aromatic carbocycles. The molecule has 0 fully saturated rings. The van der Waals surface area contributed by atoms with Crippen molar-refractivity contribution in [3.8, 4) is 0 Å². The molecule has 0 amide bonds. The Labute approximate surface area is 102 Å². The Morgan fingerprint density at radius 2 is 1.94 bits per heavy atom. The standard InChI is InChI=1S/C12H21N3S/c1-3-5-13-7-11-8-14-12(15-9-11)10-16-6-4-2/h8-9,13H,3-7,10H2,1-2H3. The number of nitrogens with zero attached hydrogens (tertiary/aromatic N) is 2. The van der Waals surface area contributed by atoms with Crippen LogP contribution in [0.5, 0.6) is 0 Å². The lowest BCUT2D eigenvalue weighted by atomic mass is 10.3. The van der Waals surface area contributed by atoms with Gasteiger partial charge in [-0.1, -0.05) is 13.8 Å². The van der Waals surface area contributed by atoms with E-state index in [1.165, 1.54) is 12.2 Å². The summed E-state index contributed by atoms with van der Waals surface area (Å²) >= 11 is 1.89. The Kier molecular flexibility index (Phi) is 7.17. The van der Waals surface area contributed by atoms with E-state index in [1.807, 2.05) is 24.2 Å². The molecule has 0 aliphatic rings. The van der Waals surface area contributed by atoms with Crippen LogP contribution in [0.15, 0.2) is 12.4 Å². The zero-order chi connectivity index (χ0) is 11.6. The minimum Gasteiger partial charge on any atom is -0.313 e. The number of nitrogens with one attached hydrogen (secondary N) is 1. The Bertz CT molecular complexity index is 245. The van der Waals surface area contributed by atoms with Gasteiger partial charge in [0, 0.05) is 24.5 Å². The average Bonchev–Trinajstić information content (AvgIpc) is 2.32. The van der Waals surface area contributed by atoms with Crippen molar-refractivity contribution in [2.75, 3.05) is 12.3 Å². The first-order valence-corrected chi connectivity index (χ1v) is 7.10. The predicted octanol–water partition coefficient (Wildman–Crippen LogP) is 2.62. The van der Waals surface area contributed by atoms with Crippen LogP contribution in [0.4, 0.5) is 0 Å². The summed E-state index contributed by atoms with van der Waals surface area (Å²) in [4.78, 5) is 8.71. The summed E-state index contributed by atoms with van der Waals surface area (Å²) in [6.45, 7) is 6.28. The lowest BCUT2D eigenvalue weighted by molar-refractivity contribution is 0.671. The number of hydrogen-bond donors (Lipinski definition) is 1. The van der Waals surface area contributed by atoms with Gasteiger partial charge in [-0.3, -0.25) is 0 Å². The molecule has 0 spiro atoms. The van der Waals surface area contributed by atoms with Crippen molar-refractivity contribution in [2.45, 2.75) is 39.0 Å². The maximum atomic E-state index is 4.36. The molecule has 16 heavy (non-hydrogen) atoms. The molecule has 0 saturated heterocycles. The van der Waals surface area contributed by atoms with Crippen LogP contribution in [-0.2, 0) is 12.3 Å². The van der Waals surface area contributed by atoms with Crippen molar-refractivity contribution >= 4 is 11.8 Å². The number of hydrogen-bond acceptors (Lipinski definition) is 4. The van der Waals surface area contributed by atoms with Crippen LogP contribution in [0, 0.1) is 0 Å². The normalized spacial score (nSPS) is 10.6. The zero-order valence-electron chi connectivity index (χ0n) is 10.2. The minimum absolute atomic E-state index is 0.871. The van der Waals surface area contributed by atoms with E-state index in [0.717, 1.165) is 36.7 Å². The van der Waals surface area contributed by atoms with Crippen LogP contribution < -0.4 is 5.32 Å². The second-order valence-corrected chi connectivity index (χ2v) is 4.84. The van der Waals surface area contributed by atoms with E-state index in [9.17, 15) is 0 Å². The molecule has 4 heteroatoms. The molecule has 0 saturated carbocycles.